The van der Waals surface area contributed by atoms with Gasteiger partial charge in [0.1, 0.15) is 11.5 Å². The predicted octanol–water partition coefficient (Wildman–Crippen LogP) is 2.76. The molecule has 0 unspecified atom stereocenters. The zero-order chi connectivity index (χ0) is 15.1. The highest BCUT2D eigenvalue weighted by atomic mass is 16.5. The second-order valence-electron chi connectivity index (χ2n) is 4.47. The van der Waals surface area contributed by atoms with Gasteiger partial charge >= 0.3 is 0 Å². The average Bonchev–Trinajstić information content (AvgIpc) is 2.54. The molecule has 2 aromatic rings. The van der Waals surface area contributed by atoms with Crippen LogP contribution in [0.4, 0.5) is 0 Å². The maximum Gasteiger partial charge on any atom is 0.173 e. The molecule has 0 saturated carbocycles. The summed E-state index contributed by atoms with van der Waals surface area (Å²) in [7, 11) is 1.68. The topological polar surface area (TPSA) is 77.1 Å². The molecule has 110 valence electrons. The van der Waals surface area contributed by atoms with Crippen molar-refractivity contribution in [2.75, 3.05) is 13.7 Å². The monoisotopic (exact) mass is 286 g/mol. The van der Waals surface area contributed by atoms with Gasteiger partial charge in [-0.3, -0.25) is 0 Å². The fraction of sp³-hybridized carbons (Fsp3) is 0.188. The van der Waals surface area contributed by atoms with Crippen molar-refractivity contribution in [3.63, 3.8) is 0 Å². The molecule has 5 heteroatoms. The van der Waals surface area contributed by atoms with Crippen LogP contribution in [0.15, 0.2) is 53.7 Å². The minimum Gasteiger partial charge on any atom is -0.457 e. The molecule has 3 N–H and O–H groups in total. The SMILES string of the molecule is COCCc1ccc(Oc2ccccc2/C(N)=N/O)cc1. The molecule has 2 aromatic carbocycles. The number of nitrogens with zero attached hydrogens (tertiary/aromatic N) is 1. The lowest BCUT2D eigenvalue weighted by molar-refractivity contribution is 0.202. The lowest BCUT2D eigenvalue weighted by Gasteiger charge is -2.10. The first kappa shape index (κ1) is 14.9. The Morgan fingerprint density at radius 2 is 1.86 bits per heavy atom. The third-order valence-electron chi connectivity index (χ3n) is 3.02. The van der Waals surface area contributed by atoms with Crippen molar-refractivity contribution >= 4 is 5.84 Å². The van der Waals surface area contributed by atoms with Crippen molar-refractivity contribution < 1.29 is 14.7 Å². The Morgan fingerprint density at radius 3 is 2.52 bits per heavy atom. The molecule has 0 aliphatic carbocycles. The molecule has 0 heterocycles. The highest BCUT2D eigenvalue weighted by molar-refractivity contribution is 5.99. The van der Waals surface area contributed by atoms with Gasteiger partial charge in [0.2, 0.25) is 0 Å². The van der Waals surface area contributed by atoms with Gasteiger partial charge in [0.15, 0.2) is 5.84 Å². The van der Waals surface area contributed by atoms with E-state index < -0.39 is 0 Å². The summed E-state index contributed by atoms with van der Waals surface area (Å²) >= 11 is 0. The summed E-state index contributed by atoms with van der Waals surface area (Å²) in [5.74, 6) is 1.24. The number of hydrogen-bond acceptors (Lipinski definition) is 4. The van der Waals surface area contributed by atoms with E-state index in [1.54, 1.807) is 25.3 Å². The third-order valence-corrected chi connectivity index (χ3v) is 3.02. The van der Waals surface area contributed by atoms with Crippen LogP contribution in [-0.2, 0) is 11.2 Å². The van der Waals surface area contributed by atoms with Gasteiger partial charge in [-0.25, -0.2) is 0 Å². The molecular formula is C16H18N2O3. The Hall–Kier alpha value is -2.53. The van der Waals surface area contributed by atoms with Crippen LogP contribution in [0.2, 0.25) is 0 Å². The lowest BCUT2D eigenvalue weighted by atomic mass is 10.1. The van der Waals surface area contributed by atoms with Crippen molar-refractivity contribution in [3.8, 4) is 11.5 Å². The molecule has 0 bridgehead atoms. The van der Waals surface area contributed by atoms with Gasteiger partial charge in [-0.15, -0.1) is 0 Å². The summed E-state index contributed by atoms with van der Waals surface area (Å²) in [6, 6.07) is 14.9. The van der Waals surface area contributed by atoms with E-state index in [0.29, 0.717) is 23.7 Å². The Kier molecular flexibility index (Phi) is 5.17. The number of ether oxygens (including phenoxy) is 2. The predicted molar refractivity (Wildman–Crippen MR) is 81.0 cm³/mol. The first-order valence-corrected chi connectivity index (χ1v) is 6.57. The molecule has 5 nitrogen and oxygen atoms in total. The van der Waals surface area contributed by atoms with E-state index >= 15 is 0 Å². The first-order valence-electron chi connectivity index (χ1n) is 6.57. The number of hydrogen-bond donors (Lipinski definition) is 2. The van der Waals surface area contributed by atoms with Crippen molar-refractivity contribution in [3.05, 3.63) is 59.7 Å². The van der Waals surface area contributed by atoms with E-state index in [1.807, 2.05) is 30.3 Å². The Bertz CT molecular complexity index is 609. The van der Waals surface area contributed by atoms with Crippen molar-refractivity contribution in [2.45, 2.75) is 6.42 Å². The summed E-state index contributed by atoms with van der Waals surface area (Å²) in [6.45, 7) is 0.687. The van der Waals surface area contributed by atoms with Gasteiger partial charge in [-0.2, -0.15) is 0 Å². The van der Waals surface area contributed by atoms with E-state index in [-0.39, 0.29) is 5.84 Å². The quantitative estimate of drug-likeness (QED) is 0.370. The largest absolute Gasteiger partial charge is 0.457 e. The van der Waals surface area contributed by atoms with Crippen LogP contribution in [0.25, 0.3) is 0 Å². The van der Waals surface area contributed by atoms with Gasteiger partial charge in [0.05, 0.1) is 12.2 Å². The smallest absolute Gasteiger partial charge is 0.173 e. The molecular weight excluding hydrogens is 268 g/mol. The number of benzene rings is 2. The molecule has 0 fully saturated rings. The standard InChI is InChI=1S/C16H18N2O3/c1-20-11-10-12-6-8-13(9-7-12)21-15-5-3-2-4-14(15)16(17)18-19/h2-9,19H,10-11H2,1H3,(H2,17,18). The lowest BCUT2D eigenvalue weighted by Crippen LogP contribution is -2.14. The second kappa shape index (κ2) is 7.31. The number of nitrogens with two attached hydrogens (primary N) is 1. The Balaban J connectivity index is 2.15. The molecule has 0 aliphatic rings. The van der Waals surface area contributed by atoms with Gasteiger partial charge in [-0.05, 0) is 36.2 Å². The third kappa shape index (κ3) is 3.97. The first-order chi connectivity index (χ1) is 10.2. The zero-order valence-electron chi connectivity index (χ0n) is 11.8. The fourth-order valence-corrected chi connectivity index (χ4v) is 1.89. The molecule has 0 aromatic heterocycles. The molecule has 0 amide bonds. The summed E-state index contributed by atoms with van der Waals surface area (Å²) < 4.78 is 10.8. The van der Waals surface area contributed by atoms with Crippen LogP contribution in [0.1, 0.15) is 11.1 Å². The molecule has 0 saturated heterocycles. The van der Waals surface area contributed by atoms with Gasteiger partial charge in [-0.1, -0.05) is 29.4 Å². The van der Waals surface area contributed by atoms with Crippen LogP contribution in [0.3, 0.4) is 0 Å². The Labute approximate surface area is 123 Å². The van der Waals surface area contributed by atoms with Gasteiger partial charge in [0.25, 0.3) is 0 Å². The summed E-state index contributed by atoms with van der Waals surface area (Å²) in [5, 5.41) is 11.8. The molecule has 0 aliphatic heterocycles. The van der Waals surface area contributed by atoms with Gasteiger partial charge in [0, 0.05) is 7.11 Å². The average molecular weight is 286 g/mol. The van der Waals surface area contributed by atoms with Gasteiger partial charge < -0.3 is 20.4 Å². The number of methoxy groups -OCH3 is 1. The van der Waals surface area contributed by atoms with Crippen molar-refractivity contribution in [2.24, 2.45) is 10.9 Å². The Morgan fingerprint density at radius 1 is 1.14 bits per heavy atom. The number of rotatable bonds is 6. The zero-order valence-corrected chi connectivity index (χ0v) is 11.8. The highest BCUT2D eigenvalue weighted by Gasteiger charge is 2.08. The van der Waals surface area contributed by atoms with E-state index in [2.05, 4.69) is 5.16 Å². The summed E-state index contributed by atoms with van der Waals surface area (Å²) in [5.41, 5.74) is 7.35. The molecule has 0 spiro atoms. The molecule has 2 rings (SSSR count). The van der Waals surface area contributed by atoms with E-state index in [0.717, 1.165) is 6.42 Å². The van der Waals surface area contributed by atoms with Crippen LogP contribution >= 0.6 is 0 Å². The van der Waals surface area contributed by atoms with Crippen LogP contribution in [0.5, 0.6) is 11.5 Å². The molecule has 0 atom stereocenters. The molecule has 21 heavy (non-hydrogen) atoms. The molecule has 0 radical (unpaired) electrons. The number of amidine groups is 1. The van der Waals surface area contributed by atoms with Crippen LogP contribution in [-0.4, -0.2) is 24.8 Å². The number of para-hydroxylation sites is 1. The van der Waals surface area contributed by atoms with Crippen molar-refractivity contribution in [1.82, 2.24) is 0 Å². The number of oxime groups is 1. The minimum atomic E-state index is 0.0160. The van der Waals surface area contributed by atoms with E-state index in [4.69, 9.17) is 20.4 Å². The summed E-state index contributed by atoms with van der Waals surface area (Å²) in [4.78, 5) is 0. The minimum absolute atomic E-state index is 0.0160. The summed E-state index contributed by atoms with van der Waals surface area (Å²) in [6.07, 6.45) is 0.859. The van der Waals surface area contributed by atoms with E-state index in [9.17, 15) is 0 Å². The normalized spacial score (nSPS) is 11.4. The van der Waals surface area contributed by atoms with Crippen LogP contribution < -0.4 is 10.5 Å². The fourth-order valence-electron chi connectivity index (χ4n) is 1.89. The second-order valence-corrected chi connectivity index (χ2v) is 4.47. The maximum atomic E-state index is 8.79. The maximum absolute atomic E-state index is 8.79. The van der Waals surface area contributed by atoms with E-state index in [1.165, 1.54) is 5.56 Å². The highest BCUT2D eigenvalue weighted by Crippen LogP contribution is 2.25. The van der Waals surface area contributed by atoms with Crippen molar-refractivity contribution in [1.29, 1.82) is 0 Å². The van der Waals surface area contributed by atoms with Crippen LogP contribution in [0, 0.1) is 0 Å².